The second-order valence-corrected chi connectivity index (χ2v) is 14.5. The summed E-state index contributed by atoms with van der Waals surface area (Å²) < 4.78 is 5.29. The van der Waals surface area contributed by atoms with Gasteiger partial charge in [-0.05, 0) is 108 Å². The maximum atomic E-state index is 14.2. The van der Waals surface area contributed by atoms with Crippen LogP contribution in [-0.4, -0.2) is 71.5 Å². The van der Waals surface area contributed by atoms with Crippen LogP contribution >= 0.6 is 0 Å². The van der Waals surface area contributed by atoms with E-state index >= 15 is 0 Å². The summed E-state index contributed by atoms with van der Waals surface area (Å²) in [5, 5.41) is 26.6. The molecule has 3 N–H and O–H groups in total. The first kappa shape index (κ1) is 34.6. The molecule has 0 saturated heterocycles. The lowest BCUT2D eigenvalue weighted by Gasteiger charge is -2.46. The molecule has 7 nitrogen and oxygen atoms in total. The summed E-state index contributed by atoms with van der Waals surface area (Å²) in [6.45, 7) is 9.50. The second-order valence-electron chi connectivity index (χ2n) is 14.5. The molecule has 44 heavy (non-hydrogen) atoms. The molecule has 4 aliphatic rings. The van der Waals surface area contributed by atoms with Crippen LogP contribution in [0.1, 0.15) is 132 Å². The van der Waals surface area contributed by atoms with E-state index in [1.54, 1.807) is 12.0 Å². The fourth-order valence-electron chi connectivity index (χ4n) is 8.10. The van der Waals surface area contributed by atoms with Crippen molar-refractivity contribution in [1.29, 1.82) is 0 Å². The van der Waals surface area contributed by atoms with E-state index in [0.29, 0.717) is 38.8 Å². The number of nitrogens with zero attached hydrogens (tertiary/aromatic N) is 1. The van der Waals surface area contributed by atoms with Crippen LogP contribution in [0.2, 0.25) is 0 Å². The topological polar surface area (TPSA) is 99.1 Å². The standard InChI is InChI=1S/C37H58N2O5/c1-26(2)38-35(42)39(21-10-22-44-5)25-37(43)20-18-33-31-17-15-28(24-32(31)34(41)29-12-7-6-8-13-29)23-30(40)16-14-27(3)11-9-19-36(33,37)4/h11,15,17,24,26,29-30,33,40,43H,6-10,12-14,16,18-23,25H2,1-5H3,(H,38,42)/t30-,33-,36-,37+/m0/s1. The molecular formula is C37H58N2O5. The van der Waals surface area contributed by atoms with Crippen LogP contribution in [0.25, 0.3) is 0 Å². The first-order valence-electron chi connectivity index (χ1n) is 17.2. The van der Waals surface area contributed by atoms with Crippen molar-refractivity contribution < 1.29 is 24.5 Å². The van der Waals surface area contributed by atoms with Gasteiger partial charge in [0.15, 0.2) is 5.78 Å². The number of benzene rings is 1. The predicted octanol–water partition coefficient (Wildman–Crippen LogP) is 6.94. The third kappa shape index (κ3) is 8.13. The van der Waals surface area contributed by atoms with E-state index in [1.165, 1.54) is 12.0 Å². The number of allylic oxidation sites excluding steroid dienone is 2. The summed E-state index contributed by atoms with van der Waals surface area (Å²) in [5.41, 5.74) is 2.39. The number of hydrogen-bond donors (Lipinski definition) is 3. The van der Waals surface area contributed by atoms with Crippen LogP contribution < -0.4 is 5.32 Å². The van der Waals surface area contributed by atoms with Gasteiger partial charge in [0.25, 0.3) is 0 Å². The van der Waals surface area contributed by atoms with Crippen LogP contribution in [0, 0.1) is 11.3 Å². The summed E-state index contributed by atoms with van der Waals surface area (Å²) >= 11 is 0. The lowest BCUT2D eigenvalue weighted by molar-refractivity contribution is -0.0775. The third-order valence-electron chi connectivity index (χ3n) is 10.8. The summed E-state index contributed by atoms with van der Waals surface area (Å²) in [4.78, 5) is 29.4. The molecule has 0 aliphatic heterocycles. The van der Waals surface area contributed by atoms with Gasteiger partial charge in [0.2, 0.25) is 0 Å². The molecule has 2 bridgehead atoms. The Hall–Kier alpha value is -2.22. The minimum absolute atomic E-state index is 0.0122. The Kier molecular flexibility index (Phi) is 12.1. The van der Waals surface area contributed by atoms with Gasteiger partial charge in [-0.3, -0.25) is 4.79 Å². The second kappa shape index (κ2) is 15.4. The molecule has 2 amide bonds. The smallest absolute Gasteiger partial charge is 0.317 e. The Bertz CT molecular complexity index is 1160. The zero-order chi connectivity index (χ0) is 31.9. The van der Waals surface area contributed by atoms with Gasteiger partial charge in [-0.25, -0.2) is 4.79 Å². The van der Waals surface area contributed by atoms with Crippen LogP contribution in [0.4, 0.5) is 4.79 Å². The average Bonchev–Trinajstić information content (AvgIpc) is 3.24. The van der Waals surface area contributed by atoms with E-state index in [2.05, 4.69) is 43.4 Å². The van der Waals surface area contributed by atoms with Crippen molar-refractivity contribution in [1.82, 2.24) is 10.2 Å². The zero-order valence-electron chi connectivity index (χ0n) is 28.0. The summed E-state index contributed by atoms with van der Waals surface area (Å²) in [6, 6.07) is 6.11. The number of fused-ring (bicyclic) bond motifs is 8. The lowest BCUT2D eigenvalue weighted by atomic mass is 9.64. The van der Waals surface area contributed by atoms with Crippen molar-refractivity contribution in [3.05, 3.63) is 46.5 Å². The molecule has 0 radical (unpaired) electrons. The molecular weight excluding hydrogens is 552 g/mol. The number of rotatable bonds is 9. The number of carbonyl (C=O) groups is 2. The maximum absolute atomic E-state index is 14.2. The van der Waals surface area contributed by atoms with E-state index < -0.39 is 17.1 Å². The van der Waals surface area contributed by atoms with E-state index in [1.807, 2.05) is 13.8 Å². The molecule has 4 aliphatic carbocycles. The normalized spacial score (nSPS) is 28.3. The maximum Gasteiger partial charge on any atom is 0.317 e. The van der Waals surface area contributed by atoms with Gasteiger partial charge in [0.1, 0.15) is 0 Å². The molecule has 1 aromatic rings. The van der Waals surface area contributed by atoms with Crippen LogP contribution in [0.3, 0.4) is 0 Å². The van der Waals surface area contributed by atoms with Crippen LogP contribution in [0.5, 0.6) is 0 Å². The number of aliphatic hydroxyl groups excluding tert-OH is 1. The number of urea groups is 1. The van der Waals surface area contributed by atoms with Crippen molar-refractivity contribution in [3.8, 4) is 0 Å². The Morgan fingerprint density at radius 1 is 1.11 bits per heavy atom. The van der Waals surface area contributed by atoms with Crippen LogP contribution in [-0.2, 0) is 11.2 Å². The highest BCUT2D eigenvalue weighted by Gasteiger charge is 2.57. The van der Waals surface area contributed by atoms with Crippen molar-refractivity contribution in [3.63, 3.8) is 0 Å². The number of Topliss-reactive ketones (excluding diaryl/α,β-unsaturated/α-hetero) is 1. The molecule has 5 rings (SSSR count). The van der Waals surface area contributed by atoms with Crippen LogP contribution in [0.15, 0.2) is 29.8 Å². The molecule has 246 valence electrons. The SMILES string of the molecule is COCCCN(C[C@]1(O)CC[C@H]2c3ccc(cc3C(=O)C3CCCCC3)C[C@@H](O)CCC(C)=CCC[C@@]21C)C(=O)NC(C)C. The number of ether oxygens (including phenoxy) is 1. The molecule has 2 saturated carbocycles. The van der Waals surface area contributed by atoms with Crippen molar-refractivity contribution in [2.45, 2.75) is 135 Å². The predicted molar refractivity (Wildman–Crippen MR) is 176 cm³/mol. The Morgan fingerprint density at radius 3 is 2.57 bits per heavy atom. The number of ketones is 1. The number of hydrogen-bond acceptors (Lipinski definition) is 5. The number of amides is 2. The molecule has 1 aromatic carbocycles. The largest absolute Gasteiger partial charge is 0.393 e. The van der Waals surface area contributed by atoms with E-state index in [4.69, 9.17) is 4.74 Å². The van der Waals surface area contributed by atoms with E-state index in [-0.39, 0.29) is 36.2 Å². The van der Waals surface area contributed by atoms with Gasteiger partial charge in [0, 0.05) is 43.2 Å². The first-order valence-corrected chi connectivity index (χ1v) is 17.2. The van der Waals surface area contributed by atoms with Gasteiger partial charge < -0.3 is 25.2 Å². The lowest BCUT2D eigenvalue weighted by Crippen LogP contribution is -2.56. The molecule has 0 heterocycles. The Morgan fingerprint density at radius 2 is 1.86 bits per heavy atom. The zero-order valence-corrected chi connectivity index (χ0v) is 28.0. The van der Waals surface area contributed by atoms with Gasteiger partial charge in [-0.1, -0.05) is 50.0 Å². The summed E-state index contributed by atoms with van der Waals surface area (Å²) in [7, 11) is 1.66. The summed E-state index contributed by atoms with van der Waals surface area (Å²) in [5.74, 6) is 0.239. The molecule has 0 spiro atoms. The molecule has 2 fully saturated rings. The molecule has 0 aromatic heterocycles. The number of methoxy groups -OCH3 is 1. The number of nitrogens with one attached hydrogen (secondary N) is 1. The minimum atomic E-state index is -1.13. The highest BCUT2D eigenvalue weighted by atomic mass is 16.5. The molecule has 4 atom stereocenters. The Balaban J connectivity index is 1.77. The summed E-state index contributed by atoms with van der Waals surface area (Å²) in [6.07, 6.45) is 12.6. The average molecular weight is 611 g/mol. The van der Waals surface area contributed by atoms with E-state index in [0.717, 1.165) is 68.1 Å². The van der Waals surface area contributed by atoms with Crippen molar-refractivity contribution in [2.75, 3.05) is 26.8 Å². The van der Waals surface area contributed by atoms with Crippen molar-refractivity contribution in [2.24, 2.45) is 11.3 Å². The van der Waals surface area contributed by atoms with Gasteiger partial charge in [-0.2, -0.15) is 0 Å². The fourth-order valence-corrected chi connectivity index (χ4v) is 8.10. The number of carbonyl (C=O) groups excluding carboxylic acids is 2. The highest BCUT2D eigenvalue weighted by Crippen LogP contribution is 2.59. The highest BCUT2D eigenvalue weighted by molar-refractivity contribution is 5.99. The van der Waals surface area contributed by atoms with Gasteiger partial charge >= 0.3 is 6.03 Å². The number of aliphatic hydroxyl groups is 2. The minimum Gasteiger partial charge on any atom is -0.393 e. The van der Waals surface area contributed by atoms with Crippen molar-refractivity contribution >= 4 is 11.8 Å². The van der Waals surface area contributed by atoms with Gasteiger partial charge in [0.05, 0.1) is 18.2 Å². The van der Waals surface area contributed by atoms with E-state index in [9.17, 15) is 19.8 Å². The Labute approximate surface area is 265 Å². The quantitative estimate of drug-likeness (QED) is 0.160. The molecule has 0 unspecified atom stereocenters. The third-order valence-corrected chi connectivity index (χ3v) is 10.8. The van der Waals surface area contributed by atoms with Gasteiger partial charge in [-0.15, -0.1) is 0 Å². The first-order chi connectivity index (χ1) is 21.0. The molecule has 7 heteroatoms. The monoisotopic (exact) mass is 610 g/mol. The fraction of sp³-hybridized carbons (Fsp3) is 0.730.